The number of aryl methyl sites for hydroxylation is 1. The van der Waals surface area contributed by atoms with Gasteiger partial charge in [-0.25, -0.2) is 0 Å². The normalized spacial score (nSPS) is 40.2. The zero-order valence-corrected chi connectivity index (χ0v) is 14.3. The van der Waals surface area contributed by atoms with Gasteiger partial charge in [0.15, 0.2) is 0 Å². The maximum atomic E-state index is 6.78. The Morgan fingerprint density at radius 3 is 2.20 bits per heavy atom. The topological polar surface area (TPSA) is 0 Å². The number of thiophene rings is 1. The van der Waals surface area contributed by atoms with Gasteiger partial charge in [-0.15, -0.1) is 22.9 Å². The van der Waals surface area contributed by atoms with Gasteiger partial charge in [0.05, 0.1) is 9.71 Å². The first-order chi connectivity index (χ1) is 9.53. The van der Waals surface area contributed by atoms with Crippen LogP contribution in [0.25, 0.3) is 0 Å². The molecule has 0 aliphatic heterocycles. The molecule has 1 aromatic heterocycles. The lowest BCUT2D eigenvalue weighted by atomic mass is 9.48. The quantitative estimate of drug-likeness (QED) is 0.548. The molecule has 1 unspecified atom stereocenters. The minimum Gasteiger partial charge on any atom is -0.127 e. The third kappa shape index (κ3) is 2.34. The highest BCUT2D eigenvalue weighted by molar-refractivity contribution is 7.16. The van der Waals surface area contributed by atoms with E-state index in [1.807, 2.05) is 0 Å². The van der Waals surface area contributed by atoms with Crippen molar-refractivity contribution in [3.8, 4) is 0 Å². The first-order valence-electron chi connectivity index (χ1n) is 7.93. The van der Waals surface area contributed by atoms with Crippen LogP contribution < -0.4 is 0 Å². The van der Waals surface area contributed by atoms with E-state index in [-0.39, 0.29) is 5.38 Å². The molecule has 4 aliphatic carbocycles. The van der Waals surface area contributed by atoms with E-state index < -0.39 is 0 Å². The van der Waals surface area contributed by atoms with E-state index in [1.54, 1.807) is 11.3 Å². The molecule has 1 atom stereocenters. The Bertz CT molecular complexity index is 464. The Kier molecular flexibility index (Phi) is 3.40. The molecule has 0 spiro atoms. The molecule has 5 rings (SSSR count). The molecule has 0 nitrogen and oxygen atoms in total. The van der Waals surface area contributed by atoms with Crippen molar-refractivity contribution in [3.05, 3.63) is 20.8 Å². The van der Waals surface area contributed by atoms with Gasteiger partial charge < -0.3 is 0 Å². The highest BCUT2D eigenvalue weighted by atomic mass is 35.5. The van der Waals surface area contributed by atoms with E-state index in [2.05, 4.69) is 13.0 Å². The zero-order valence-electron chi connectivity index (χ0n) is 12.0. The number of halogens is 2. The average molecular weight is 329 g/mol. The van der Waals surface area contributed by atoms with Crippen molar-refractivity contribution in [3.63, 3.8) is 0 Å². The van der Waals surface area contributed by atoms with Crippen LogP contribution in [0.3, 0.4) is 0 Å². The van der Waals surface area contributed by atoms with Crippen LogP contribution in [0, 0.1) is 30.1 Å². The van der Waals surface area contributed by atoms with Crippen LogP contribution in [0.1, 0.15) is 60.8 Å². The lowest BCUT2D eigenvalue weighted by Crippen LogP contribution is -2.46. The summed E-state index contributed by atoms with van der Waals surface area (Å²) in [5.74, 6) is 3.04. The molecule has 4 fully saturated rings. The third-order valence-electron chi connectivity index (χ3n) is 5.96. The predicted octanol–water partition coefficient (Wildman–Crippen LogP) is 6.60. The van der Waals surface area contributed by atoms with E-state index in [0.717, 1.165) is 22.1 Å². The molecule has 0 radical (unpaired) electrons. The molecule has 0 amide bonds. The lowest BCUT2D eigenvalue weighted by Gasteiger charge is -2.57. The van der Waals surface area contributed by atoms with Crippen LogP contribution in [0.2, 0.25) is 4.34 Å². The molecule has 0 aromatic carbocycles. The molecular weight excluding hydrogens is 307 g/mol. The molecule has 0 N–H and O–H groups in total. The largest absolute Gasteiger partial charge is 0.127 e. The molecule has 4 bridgehead atoms. The van der Waals surface area contributed by atoms with Gasteiger partial charge in [0.2, 0.25) is 0 Å². The molecule has 20 heavy (non-hydrogen) atoms. The number of hydrogen-bond acceptors (Lipinski definition) is 1. The van der Waals surface area contributed by atoms with Crippen molar-refractivity contribution in [2.24, 2.45) is 23.2 Å². The van der Waals surface area contributed by atoms with Gasteiger partial charge >= 0.3 is 0 Å². The van der Waals surface area contributed by atoms with Crippen molar-refractivity contribution < 1.29 is 0 Å². The fraction of sp³-hybridized carbons (Fsp3) is 0.765. The van der Waals surface area contributed by atoms with Crippen molar-refractivity contribution in [2.45, 2.75) is 57.2 Å². The Hall–Kier alpha value is 0.280. The molecule has 0 saturated heterocycles. The van der Waals surface area contributed by atoms with E-state index in [4.69, 9.17) is 23.2 Å². The summed E-state index contributed by atoms with van der Waals surface area (Å²) in [6, 6.07) is 2.20. The van der Waals surface area contributed by atoms with Crippen LogP contribution in [0.5, 0.6) is 0 Å². The van der Waals surface area contributed by atoms with Crippen LogP contribution in [-0.2, 0) is 0 Å². The monoisotopic (exact) mass is 328 g/mol. The smallest absolute Gasteiger partial charge is 0.0960 e. The van der Waals surface area contributed by atoms with Gasteiger partial charge in [-0.3, -0.25) is 0 Å². The second-order valence-corrected chi connectivity index (χ2v) is 9.91. The minimum absolute atomic E-state index is 0.169. The summed E-state index contributed by atoms with van der Waals surface area (Å²) in [6.45, 7) is 2.08. The minimum atomic E-state index is 0.169. The predicted molar refractivity (Wildman–Crippen MR) is 87.9 cm³/mol. The highest BCUT2D eigenvalue weighted by Crippen LogP contribution is 2.63. The SMILES string of the molecule is Cc1cc(C(Cl)CC23CC4CC(CC(C4)C2)C3)sc1Cl. The van der Waals surface area contributed by atoms with Crippen molar-refractivity contribution in [1.29, 1.82) is 0 Å². The lowest BCUT2D eigenvalue weighted by molar-refractivity contribution is -0.0575. The summed E-state index contributed by atoms with van der Waals surface area (Å²) >= 11 is 14.7. The molecule has 3 heteroatoms. The van der Waals surface area contributed by atoms with Gasteiger partial charge in [0.1, 0.15) is 0 Å². The second kappa shape index (κ2) is 4.89. The van der Waals surface area contributed by atoms with Gasteiger partial charge in [-0.2, -0.15) is 0 Å². The standard InChI is InChI=1S/C17H22Cl2S/c1-10-2-15(20-16(10)19)14(18)9-17-6-11-3-12(7-17)5-13(4-11)8-17/h2,11-14H,3-9H2,1H3. The first-order valence-corrected chi connectivity index (χ1v) is 9.56. The summed E-state index contributed by atoms with van der Waals surface area (Å²) in [5, 5.41) is 0.169. The highest BCUT2D eigenvalue weighted by Gasteiger charge is 2.51. The van der Waals surface area contributed by atoms with Crippen LogP contribution in [0.15, 0.2) is 6.07 Å². The Morgan fingerprint density at radius 2 is 1.75 bits per heavy atom. The fourth-order valence-corrected chi connectivity index (χ4v) is 7.38. The molecule has 1 heterocycles. The summed E-state index contributed by atoms with van der Waals surface area (Å²) in [7, 11) is 0. The Morgan fingerprint density at radius 1 is 1.20 bits per heavy atom. The average Bonchev–Trinajstić information content (AvgIpc) is 2.67. The van der Waals surface area contributed by atoms with Crippen molar-refractivity contribution in [1.82, 2.24) is 0 Å². The molecule has 4 aliphatic rings. The van der Waals surface area contributed by atoms with Gasteiger partial charge in [-0.1, -0.05) is 11.6 Å². The number of alkyl halides is 1. The molecule has 110 valence electrons. The van der Waals surface area contributed by atoms with E-state index in [9.17, 15) is 0 Å². The molecule has 1 aromatic rings. The maximum Gasteiger partial charge on any atom is 0.0960 e. The number of rotatable bonds is 3. The van der Waals surface area contributed by atoms with Gasteiger partial charge in [0, 0.05) is 4.88 Å². The summed E-state index contributed by atoms with van der Waals surface area (Å²) in [6.07, 6.45) is 10.0. The van der Waals surface area contributed by atoms with Gasteiger partial charge in [0.25, 0.3) is 0 Å². The van der Waals surface area contributed by atoms with Crippen molar-refractivity contribution in [2.75, 3.05) is 0 Å². The first kappa shape index (κ1) is 13.9. The molecule has 4 saturated carbocycles. The fourth-order valence-electron chi connectivity index (χ4n) is 5.66. The van der Waals surface area contributed by atoms with Crippen LogP contribution >= 0.6 is 34.5 Å². The van der Waals surface area contributed by atoms with E-state index in [1.165, 1.54) is 55.4 Å². The second-order valence-electron chi connectivity index (χ2n) is 7.69. The summed E-state index contributed by atoms with van der Waals surface area (Å²) in [4.78, 5) is 1.28. The van der Waals surface area contributed by atoms with Crippen LogP contribution in [0.4, 0.5) is 0 Å². The van der Waals surface area contributed by atoms with Crippen LogP contribution in [-0.4, -0.2) is 0 Å². The summed E-state index contributed by atoms with van der Waals surface area (Å²) in [5.41, 5.74) is 1.74. The maximum absolute atomic E-state index is 6.78. The van der Waals surface area contributed by atoms with E-state index >= 15 is 0 Å². The number of hydrogen-bond donors (Lipinski definition) is 0. The zero-order chi connectivity index (χ0) is 13.9. The Balaban J connectivity index is 1.53. The molecular formula is C17H22Cl2S. The Labute approximate surface area is 135 Å². The van der Waals surface area contributed by atoms with E-state index in [0.29, 0.717) is 5.41 Å². The third-order valence-corrected chi connectivity index (χ3v) is 8.15. The summed E-state index contributed by atoms with van der Waals surface area (Å²) < 4.78 is 0.913. The van der Waals surface area contributed by atoms with Gasteiger partial charge in [-0.05, 0) is 86.7 Å². The van der Waals surface area contributed by atoms with Crippen molar-refractivity contribution >= 4 is 34.5 Å².